The summed E-state index contributed by atoms with van der Waals surface area (Å²) < 4.78 is 18.4. The second-order valence-corrected chi connectivity index (χ2v) is 8.37. The van der Waals surface area contributed by atoms with E-state index in [4.69, 9.17) is 11.6 Å². The van der Waals surface area contributed by atoms with Gasteiger partial charge in [-0.2, -0.15) is 14.6 Å². The van der Waals surface area contributed by atoms with E-state index in [9.17, 15) is 18.6 Å². The van der Waals surface area contributed by atoms with Crippen LogP contribution in [0.4, 0.5) is 0 Å². The third-order valence-corrected chi connectivity index (χ3v) is 5.81. The molecule has 1 unspecified atom stereocenters. The fraction of sp³-hybridized carbons (Fsp3) is 0.357. The molecule has 0 fully saturated rings. The molecule has 138 valence electrons. The van der Waals surface area contributed by atoms with E-state index in [1.807, 2.05) is 0 Å². The molecule has 0 aliphatic carbocycles. The standard InChI is InChI=1S/C14H15ClN6O4S/c1-8(22)20-3-4-21-10(7-20)11(6-16-21)26(2,25)19-14(24)9-5-12(15)17-18-13(9)23/h5-6H,3-4,7H2,1-2H3,(H,18,23). The molecule has 2 amide bonds. The van der Waals surface area contributed by atoms with Crippen LogP contribution in [0.5, 0.6) is 0 Å². The molecule has 0 bridgehead atoms. The molecule has 3 rings (SSSR count). The number of carbonyl (C=O) groups excluding carboxylic acids is 2. The average molecular weight is 399 g/mol. The zero-order chi connectivity index (χ0) is 19.1. The Labute approximate surface area is 153 Å². The molecule has 0 saturated heterocycles. The van der Waals surface area contributed by atoms with Gasteiger partial charge in [0.05, 0.1) is 39.6 Å². The van der Waals surface area contributed by atoms with E-state index >= 15 is 0 Å². The predicted octanol–water partition coefficient (Wildman–Crippen LogP) is 0.279. The second-order valence-electron chi connectivity index (χ2n) is 5.75. The molecule has 1 aliphatic rings. The van der Waals surface area contributed by atoms with Gasteiger partial charge >= 0.3 is 0 Å². The van der Waals surface area contributed by atoms with Crippen molar-refractivity contribution in [3.63, 3.8) is 0 Å². The van der Waals surface area contributed by atoms with Crippen LogP contribution in [0, 0.1) is 0 Å². The molecule has 1 aliphatic heterocycles. The summed E-state index contributed by atoms with van der Waals surface area (Å²) >= 11 is 5.67. The first kappa shape index (κ1) is 18.3. The number of aromatic amines is 1. The van der Waals surface area contributed by atoms with Gasteiger partial charge in [0.25, 0.3) is 11.5 Å². The van der Waals surface area contributed by atoms with Crippen molar-refractivity contribution < 1.29 is 13.8 Å². The van der Waals surface area contributed by atoms with Gasteiger partial charge in [0, 0.05) is 19.7 Å². The normalized spacial score (nSPS) is 15.9. The lowest BCUT2D eigenvalue weighted by Crippen LogP contribution is -2.37. The van der Waals surface area contributed by atoms with Crippen molar-refractivity contribution in [3.8, 4) is 0 Å². The summed E-state index contributed by atoms with van der Waals surface area (Å²) in [7, 11) is -3.20. The Morgan fingerprint density at radius 3 is 2.81 bits per heavy atom. The lowest BCUT2D eigenvalue weighted by molar-refractivity contribution is -0.130. The molecular formula is C14H15ClN6O4S. The Bertz CT molecular complexity index is 1080. The number of amides is 2. The van der Waals surface area contributed by atoms with Gasteiger partial charge in [0.1, 0.15) is 10.7 Å². The number of nitrogens with zero attached hydrogens (tertiary/aromatic N) is 5. The quantitative estimate of drug-likeness (QED) is 0.773. The van der Waals surface area contributed by atoms with Crippen LogP contribution < -0.4 is 5.56 Å². The molecule has 12 heteroatoms. The Morgan fingerprint density at radius 2 is 2.12 bits per heavy atom. The maximum absolute atomic E-state index is 13.1. The van der Waals surface area contributed by atoms with E-state index < -0.39 is 21.2 Å². The maximum atomic E-state index is 13.1. The SMILES string of the molecule is CC(=O)N1CCn2ncc(S(C)(=O)=NC(=O)c3cc(Cl)n[nH]c3=O)c2C1. The first-order valence-corrected chi connectivity index (χ1v) is 9.81. The van der Waals surface area contributed by atoms with Gasteiger partial charge in [-0.3, -0.25) is 19.1 Å². The molecule has 0 aromatic carbocycles. The highest BCUT2D eigenvalue weighted by Gasteiger charge is 2.26. The third-order valence-electron chi connectivity index (χ3n) is 3.95. The van der Waals surface area contributed by atoms with Crippen molar-refractivity contribution in [3.05, 3.63) is 39.0 Å². The number of fused-ring (bicyclic) bond motifs is 1. The van der Waals surface area contributed by atoms with Gasteiger partial charge in [-0.15, -0.1) is 0 Å². The van der Waals surface area contributed by atoms with Crippen LogP contribution in [-0.4, -0.2) is 53.7 Å². The molecule has 0 radical (unpaired) electrons. The van der Waals surface area contributed by atoms with Crippen LogP contribution >= 0.6 is 11.6 Å². The van der Waals surface area contributed by atoms with Crippen molar-refractivity contribution in [1.82, 2.24) is 24.9 Å². The van der Waals surface area contributed by atoms with Crippen LogP contribution in [0.1, 0.15) is 23.0 Å². The Kier molecular flexibility index (Phi) is 4.67. The van der Waals surface area contributed by atoms with Gasteiger partial charge in [-0.05, 0) is 6.07 Å². The first-order chi connectivity index (χ1) is 12.2. The largest absolute Gasteiger partial charge is 0.335 e. The summed E-state index contributed by atoms with van der Waals surface area (Å²) in [6.07, 6.45) is 2.66. The van der Waals surface area contributed by atoms with Gasteiger partial charge in [0.2, 0.25) is 5.91 Å². The van der Waals surface area contributed by atoms with Gasteiger partial charge in [-0.1, -0.05) is 11.6 Å². The second kappa shape index (κ2) is 6.65. The molecule has 2 aromatic heterocycles. The average Bonchev–Trinajstić information content (AvgIpc) is 3.00. The van der Waals surface area contributed by atoms with Gasteiger partial charge < -0.3 is 4.90 Å². The van der Waals surface area contributed by atoms with Gasteiger partial charge in [-0.25, -0.2) is 9.31 Å². The van der Waals surface area contributed by atoms with E-state index in [0.29, 0.717) is 18.8 Å². The van der Waals surface area contributed by atoms with E-state index in [1.165, 1.54) is 19.4 Å². The minimum absolute atomic E-state index is 0.0919. The van der Waals surface area contributed by atoms with Crippen LogP contribution in [0.15, 0.2) is 26.3 Å². The Balaban J connectivity index is 2.03. The summed E-state index contributed by atoms with van der Waals surface area (Å²) in [6, 6.07) is 1.06. The van der Waals surface area contributed by atoms with Crippen LogP contribution in [0.2, 0.25) is 5.15 Å². The smallest absolute Gasteiger partial charge is 0.291 e. The van der Waals surface area contributed by atoms with E-state index in [-0.39, 0.29) is 28.1 Å². The first-order valence-electron chi connectivity index (χ1n) is 7.51. The zero-order valence-electron chi connectivity index (χ0n) is 13.9. The monoisotopic (exact) mass is 398 g/mol. The Morgan fingerprint density at radius 1 is 1.38 bits per heavy atom. The number of H-pyrrole nitrogens is 1. The van der Waals surface area contributed by atoms with Crippen molar-refractivity contribution in [1.29, 1.82) is 0 Å². The molecule has 1 atom stereocenters. The van der Waals surface area contributed by atoms with Crippen molar-refractivity contribution in [2.75, 3.05) is 12.8 Å². The summed E-state index contributed by atoms with van der Waals surface area (Å²) in [5.74, 6) is -1.08. The fourth-order valence-electron chi connectivity index (χ4n) is 2.60. The predicted molar refractivity (Wildman–Crippen MR) is 92.3 cm³/mol. The highest BCUT2D eigenvalue weighted by molar-refractivity contribution is 7.93. The number of nitrogens with one attached hydrogen (secondary N) is 1. The summed E-state index contributed by atoms with van der Waals surface area (Å²) in [5.41, 5.74) is -0.582. The number of hydrogen-bond acceptors (Lipinski definition) is 6. The van der Waals surface area contributed by atoms with Gasteiger partial charge in [0.15, 0.2) is 0 Å². The molecule has 3 heterocycles. The Hall–Kier alpha value is -2.53. The molecule has 2 aromatic rings. The third kappa shape index (κ3) is 3.40. The molecule has 1 N–H and O–H groups in total. The van der Waals surface area contributed by atoms with Crippen LogP contribution in [-0.2, 0) is 27.6 Å². The highest BCUT2D eigenvalue weighted by atomic mass is 35.5. The maximum Gasteiger partial charge on any atom is 0.291 e. The number of carbonyl (C=O) groups is 2. The number of hydrogen-bond donors (Lipinski definition) is 1. The zero-order valence-corrected chi connectivity index (χ0v) is 15.5. The molecule has 0 spiro atoms. The summed E-state index contributed by atoms with van der Waals surface area (Å²) in [6.45, 7) is 2.62. The minimum Gasteiger partial charge on any atom is -0.335 e. The van der Waals surface area contributed by atoms with Crippen molar-refractivity contribution in [2.45, 2.75) is 24.9 Å². The molecule has 26 heavy (non-hydrogen) atoms. The van der Waals surface area contributed by atoms with Crippen LogP contribution in [0.25, 0.3) is 0 Å². The fourth-order valence-corrected chi connectivity index (χ4v) is 4.12. The van der Waals surface area contributed by atoms with E-state index in [1.54, 1.807) is 9.58 Å². The van der Waals surface area contributed by atoms with E-state index in [2.05, 4.69) is 19.7 Å². The number of halogens is 1. The highest BCUT2D eigenvalue weighted by Crippen LogP contribution is 2.22. The van der Waals surface area contributed by atoms with Crippen molar-refractivity contribution in [2.24, 2.45) is 4.36 Å². The lowest BCUT2D eigenvalue weighted by atomic mass is 10.3. The van der Waals surface area contributed by atoms with Crippen LogP contribution in [0.3, 0.4) is 0 Å². The molecular weight excluding hydrogens is 384 g/mol. The lowest BCUT2D eigenvalue weighted by Gasteiger charge is -2.27. The minimum atomic E-state index is -3.20. The molecule has 0 saturated carbocycles. The van der Waals surface area contributed by atoms with Crippen molar-refractivity contribution >= 4 is 33.1 Å². The van der Waals surface area contributed by atoms with E-state index in [0.717, 1.165) is 6.07 Å². The molecule has 10 nitrogen and oxygen atoms in total. The summed E-state index contributed by atoms with van der Waals surface area (Å²) in [4.78, 5) is 37.5. The summed E-state index contributed by atoms with van der Waals surface area (Å²) in [5, 5.41) is 9.59. The number of aromatic nitrogens is 4. The number of rotatable bonds is 2. The topological polar surface area (TPSA) is 130 Å².